The molecular formula is C11H11FO3S. The Balaban J connectivity index is 2.50. The summed E-state index contributed by atoms with van der Waals surface area (Å²) >= 11 is 0. The van der Waals surface area contributed by atoms with Crippen LogP contribution in [0.15, 0.2) is 23.1 Å². The summed E-state index contributed by atoms with van der Waals surface area (Å²) in [6.45, 7) is 1.75. The van der Waals surface area contributed by atoms with Gasteiger partial charge in [-0.05, 0) is 30.2 Å². The normalized spacial score (nSPS) is 15.0. The predicted octanol–water partition coefficient (Wildman–Crippen LogP) is 2.28. The van der Waals surface area contributed by atoms with E-state index >= 15 is 0 Å². The molecule has 0 amide bonds. The molecule has 3 nitrogen and oxygen atoms in total. The molecule has 0 radical (unpaired) electrons. The van der Waals surface area contributed by atoms with E-state index < -0.39 is 10.2 Å². The molecular weight excluding hydrogens is 231 g/mol. The van der Waals surface area contributed by atoms with Crippen molar-refractivity contribution < 1.29 is 17.0 Å². The molecule has 0 spiro atoms. The van der Waals surface area contributed by atoms with Gasteiger partial charge < -0.3 is 4.74 Å². The first-order valence-electron chi connectivity index (χ1n) is 4.91. The number of hydrogen-bond acceptors (Lipinski definition) is 3. The number of fused-ring (bicyclic) bond motifs is 1. The Kier molecular flexibility index (Phi) is 2.71. The molecule has 0 aliphatic carbocycles. The van der Waals surface area contributed by atoms with E-state index in [0.717, 1.165) is 12.0 Å². The second-order valence-electron chi connectivity index (χ2n) is 3.56. The highest BCUT2D eigenvalue weighted by Gasteiger charge is 2.21. The first-order valence-corrected chi connectivity index (χ1v) is 6.30. The summed E-state index contributed by atoms with van der Waals surface area (Å²) in [7, 11) is -4.65. The SMILES string of the molecule is CCc1ccc2c(c1)C=C(S(=O)(=O)F)CO2. The maximum Gasteiger partial charge on any atom is 0.331 e. The van der Waals surface area contributed by atoms with Gasteiger partial charge in [-0.3, -0.25) is 0 Å². The molecule has 0 saturated carbocycles. The molecule has 0 fully saturated rings. The van der Waals surface area contributed by atoms with Gasteiger partial charge in [0.05, 0.1) is 0 Å². The minimum atomic E-state index is -4.65. The molecule has 0 unspecified atom stereocenters. The fraction of sp³-hybridized carbons (Fsp3) is 0.273. The average molecular weight is 242 g/mol. The molecule has 1 aromatic rings. The Bertz CT molecular complexity index is 546. The third-order valence-electron chi connectivity index (χ3n) is 2.48. The lowest BCUT2D eigenvalue weighted by Gasteiger charge is -2.16. The van der Waals surface area contributed by atoms with Crippen LogP contribution < -0.4 is 4.74 Å². The van der Waals surface area contributed by atoms with E-state index in [4.69, 9.17) is 4.74 Å². The lowest BCUT2D eigenvalue weighted by molar-refractivity contribution is 0.352. The van der Waals surface area contributed by atoms with Crippen molar-refractivity contribution in [3.05, 3.63) is 34.2 Å². The quantitative estimate of drug-likeness (QED) is 0.747. The molecule has 0 bridgehead atoms. The van der Waals surface area contributed by atoms with Crippen molar-refractivity contribution >= 4 is 16.3 Å². The number of benzene rings is 1. The van der Waals surface area contributed by atoms with Crippen molar-refractivity contribution in [3.8, 4) is 5.75 Å². The number of hydrogen-bond donors (Lipinski definition) is 0. The summed E-state index contributed by atoms with van der Waals surface area (Å²) < 4.78 is 39.4. The van der Waals surface area contributed by atoms with Crippen LogP contribution in [0.4, 0.5) is 3.89 Å². The van der Waals surface area contributed by atoms with Gasteiger partial charge in [-0.15, -0.1) is 3.89 Å². The molecule has 0 saturated heterocycles. The van der Waals surface area contributed by atoms with Crippen LogP contribution >= 0.6 is 0 Å². The summed E-state index contributed by atoms with van der Waals surface area (Å²) in [4.78, 5) is -0.326. The first-order chi connectivity index (χ1) is 7.50. The van der Waals surface area contributed by atoms with Gasteiger partial charge in [-0.2, -0.15) is 8.42 Å². The van der Waals surface area contributed by atoms with E-state index in [1.54, 1.807) is 12.1 Å². The standard InChI is InChI=1S/C11H11FO3S/c1-2-8-3-4-11-9(5-8)6-10(7-15-11)16(12,13)14/h3-6H,2,7H2,1H3. The van der Waals surface area contributed by atoms with E-state index in [-0.39, 0.29) is 11.5 Å². The van der Waals surface area contributed by atoms with E-state index in [2.05, 4.69) is 0 Å². The van der Waals surface area contributed by atoms with Crippen molar-refractivity contribution in [2.45, 2.75) is 13.3 Å². The zero-order valence-electron chi connectivity index (χ0n) is 8.73. The molecule has 5 heteroatoms. The first kappa shape index (κ1) is 11.1. The second kappa shape index (κ2) is 3.90. The molecule has 2 rings (SSSR count). The summed E-state index contributed by atoms with van der Waals surface area (Å²) in [6, 6.07) is 5.48. The molecule has 86 valence electrons. The topological polar surface area (TPSA) is 43.4 Å². The van der Waals surface area contributed by atoms with Crippen LogP contribution in [0.1, 0.15) is 18.1 Å². The van der Waals surface area contributed by atoms with Gasteiger partial charge in [-0.1, -0.05) is 13.0 Å². The van der Waals surface area contributed by atoms with Crippen LogP contribution in [0.25, 0.3) is 6.08 Å². The molecule has 1 heterocycles. The van der Waals surface area contributed by atoms with Crippen molar-refractivity contribution in [2.75, 3.05) is 6.61 Å². The van der Waals surface area contributed by atoms with Crippen molar-refractivity contribution in [1.29, 1.82) is 0 Å². The van der Waals surface area contributed by atoms with E-state index in [9.17, 15) is 12.3 Å². The lowest BCUT2D eigenvalue weighted by Crippen LogP contribution is -2.12. The Morgan fingerprint density at radius 3 is 2.81 bits per heavy atom. The Hall–Kier alpha value is -1.36. The summed E-state index contributed by atoms with van der Waals surface area (Å²) in [5.74, 6) is 0.588. The Labute approximate surface area is 93.8 Å². The largest absolute Gasteiger partial charge is 0.487 e. The van der Waals surface area contributed by atoms with Gasteiger partial charge in [-0.25, -0.2) is 0 Å². The number of aryl methyl sites for hydroxylation is 1. The van der Waals surface area contributed by atoms with Crippen LogP contribution in [-0.2, 0) is 16.6 Å². The maximum absolute atomic E-state index is 12.8. The molecule has 1 aliphatic heterocycles. The predicted molar refractivity (Wildman–Crippen MR) is 59.3 cm³/mol. The average Bonchev–Trinajstić information content (AvgIpc) is 2.26. The van der Waals surface area contributed by atoms with Gasteiger partial charge in [0.15, 0.2) is 0 Å². The summed E-state index contributed by atoms with van der Waals surface area (Å²) in [5, 5.41) is 0. The number of rotatable bonds is 2. The van der Waals surface area contributed by atoms with Gasteiger partial charge in [0.2, 0.25) is 0 Å². The zero-order valence-corrected chi connectivity index (χ0v) is 9.55. The highest BCUT2D eigenvalue weighted by atomic mass is 32.3. The third kappa shape index (κ3) is 2.09. The van der Waals surface area contributed by atoms with Crippen LogP contribution in [0.5, 0.6) is 5.75 Å². The molecule has 0 N–H and O–H groups in total. The van der Waals surface area contributed by atoms with Gasteiger partial charge in [0.1, 0.15) is 17.3 Å². The minimum absolute atomic E-state index is 0.239. The monoisotopic (exact) mass is 242 g/mol. The summed E-state index contributed by atoms with van der Waals surface area (Å²) in [6.07, 6.45) is 2.16. The minimum Gasteiger partial charge on any atom is -0.487 e. The molecule has 1 aliphatic rings. The number of ether oxygens (including phenoxy) is 1. The van der Waals surface area contributed by atoms with Gasteiger partial charge >= 0.3 is 10.2 Å². The molecule has 16 heavy (non-hydrogen) atoms. The number of halogens is 1. The van der Waals surface area contributed by atoms with E-state index in [1.807, 2.05) is 13.0 Å². The lowest BCUT2D eigenvalue weighted by atomic mass is 10.1. The van der Waals surface area contributed by atoms with Gasteiger partial charge in [0, 0.05) is 5.56 Å². The van der Waals surface area contributed by atoms with Crippen molar-refractivity contribution in [1.82, 2.24) is 0 Å². The second-order valence-corrected chi connectivity index (χ2v) is 4.96. The van der Waals surface area contributed by atoms with Crippen LogP contribution in [-0.4, -0.2) is 15.0 Å². The van der Waals surface area contributed by atoms with Crippen molar-refractivity contribution in [3.63, 3.8) is 0 Å². The molecule has 1 aromatic carbocycles. The highest BCUT2D eigenvalue weighted by Crippen LogP contribution is 2.29. The maximum atomic E-state index is 12.8. The van der Waals surface area contributed by atoms with Crippen molar-refractivity contribution in [2.24, 2.45) is 0 Å². The van der Waals surface area contributed by atoms with E-state index in [0.29, 0.717) is 11.3 Å². The molecule has 0 aromatic heterocycles. The smallest absolute Gasteiger partial charge is 0.331 e. The third-order valence-corrected chi connectivity index (χ3v) is 3.34. The molecule has 0 atom stereocenters. The fourth-order valence-electron chi connectivity index (χ4n) is 1.57. The Morgan fingerprint density at radius 2 is 2.19 bits per heavy atom. The van der Waals surface area contributed by atoms with Crippen LogP contribution in [0, 0.1) is 0 Å². The van der Waals surface area contributed by atoms with Crippen LogP contribution in [0.3, 0.4) is 0 Å². The zero-order chi connectivity index (χ0) is 11.8. The highest BCUT2D eigenvalue weighted by molar-refractivity contribution is 7.90. The van der Waals surface area contributed by atoms with Crippen LogP contribution in [0.2, 0.25) is 0 Å². The Morgan fingerprint density at radius 1 is 1.44 bits per heavy atom. The fourth-order valence-corrected chi connectivity index (χ4v) is 2.03. The summed E-state index contributed by atoms with van der Waals surface area (Å²) in [5.41, 5.74) is 1.66. The van der Waals surface area contributed by atoms with E-state index in [1.165, 1.54) is 6.08 Å². The van der Waals surface area contributed by atoms with Gasteiger partial charge in [0.25, 0.3) is 0 Å².